The zero-order chi connectivity index (χ0) is 22.1. The van der Waals surface area contributed by atoms with Gasteiger partial charge in [0.1, 0.15) is 5.60 Å². The van der Waals surface area contributed by atoms with Gasteiger partial charge in [0.2, 0.25) is 0 Å². The predicted molar refractivity (Wildman–Crippen MR) is 122 cm³/mol. The van der Waals surface area contributed by atoms with Crippen LogP contribution in [0.25, 0.3) is 0 Å². The van der Waals surface area contributed by atoms with Gasteiger partial charge in [-0.2, -0.15) is 0 Å². The van der Waals surface area contributed by atoms with Gasteiger partial charge in [0.05, 0.1) is 12.1 Å². The van der Waals surface area contributed by atoms with Gasteiger partial charge in [-0.25, -0.2) is 4.79 Å². The summed E-state index contributed by atoms with van der Waals surface area (Å²) in [6, 6.07) is 17.8. The number of hydrogen-bond acceptors (Lipinski definition) is 4. The number of aliphatic hydroxyl groups excluding tert-OH is 1. The van der Waals surface area contributed by atoms with Crippen LogP contribution in [0.4, 0.5) is 4.79 Å². The number of alkyl carbamates (subject to hydrolysis) is 1. The maximum Gasteiger partial charge on any atom is 0.407 e. The molecule has 0 heterocycles. The molecule has 0 unspecified atom stereocenters. The Morgan fingerprint density at radius 2 is 1.70 bits per heavy atom. The van der Waals surface area contributed by atoms with Gasteiger partial charge in [-0.05, 0) is 49.8 Å². The Morgan fingerprint density at radius 1 is 1.03 bits per heavy atom. The van der Waals surface area contributed by atoms with E-state index in [2.05, 4.69) is 48.7 Å². The quantitative estimate of drug-likeness (QED) is 0.571. The summed E-state index contributed by atoms with van der Waals surface area (Å²) in [5.74, 6) is 0.476. The van der Waals surface area contributed by atoms with E-state index in [9.17, 15) is 9.90 Å². The van der Waals surface area contributed by atoms with E-state index < -0.39 is 23.8 Å². The molecular formula is C25H36N2O3. The summed E-state index contributed by atoms with van der Waals surface area (Å²) in [5, 5.41) is 17.0. The second-order valence-corrected chi connectivity index (χ2v) is 9.04. The molecule has 2 aromatic carbocycles. The van der Waals surface area contributed by atoms with Gasteiger partial charge in [-0.15, -0.1) is 0 Å². The molecular weight excluding hydrogens is 376 g/mol. The Balaban J connectivity index is 1.98. The third kappa shape index (κ3) is 8.56. The monoisotopic (exact) mass is 412 g/mol. The standard InChI is InChI=1S/C25H36N2O3/c1-18(2)21-13-9-12-20(14-21)16-26-17-23(28)22(15-19-10-7-6-8-11-19)27-24(29)30-25(3,4)5/h6-14,18,22-23,26,28H,15-17H2,1-5H3,(H,27,29)/t22-,23-/m0/s1. The Labute approximate surface area is 180 Å². The predicted octanol–water partition coefficient (Wildman–Crippen LogP) is 4.40. The third-order valence-corrected chi connectivity index (χ3v) is 4.77. The molecule has 5 heteroatoms. The second-order valence-electron chi connectivity index (χ2n) is 9.04. The number of rotatable bonds is 9. The SMILES string of the molecule is CC(C)c1cccc(CNC[C@H](O)[C@H](Cc2ccccc2)NC(=O)OC(C)(C)C)c1. The zero-order valence-electron chi connectivity index (χ0n) is 18.8. The van der Waals surface area contributed by atoms with Crippen LogP contribution in [0, 0.1) is 0 Å². The average Bonchev–Trinajstić information content (AvgIpc) is 2.67. The lowest BCUT2D eigenvalue weighted by Crippen LogP contribution is -2.49. The summed E-state index contributed by atoms with van der Waals surface area (Å²) in [4.78, 5) is 12.3. The molecule has 2 atom stereocenters. The summed E-state index contributed by atoms with van der Waals surface area (Å²) >= 11 is 0. The van der Waals surface area contributed by atoms with Gasteiger partial charge in [0.15, 0.2) is 0 Å². The summed E-state index contributed by atoms with van der Waals surface area (Å²) in [5.41, 5.74) is 2.92. The normalized spacial score (nSPS) is 13.7. The van der Waals surface area contributed by atoms with Crippen LogP contribution in [0.5, 0.6) is 0 Å². The van der Waals surface area contributed by atoms with Crippen molar-refractivity contribution in [2.24, 2.45) is 0 Å². The fourth-order valence-corrected chi connectivity index (χ4v) is 3.18. The Hall–Kier alpha value is -2.37. The first kappa shape index (κ1) is 23.9. The van der Waals surface area contributed by atoms with Crippen molar-refractivity contribution in [3.63, 3.8) is 0 Å². The maximum absolute atomic E-state index is 12.3. The molecule has 0 saturated heterocycles. The van der Waals surface area contributed by atoms with E-state index in [0.29, 0.717) is 25.4 Å². The lowest BCUT2D eigenvalue weighted by atomic mass is 10.00. The van der Waals surface area contributed by atoms with Crippen LogP contribution in [0.1, 0.15) is 57.2 Å². The number of hydrogen-bond donors (Lipinski definition) is 3. The molecule has 0 fully saturated rings. The van der Waals surface area contributed by atoms with Crippen molar-refractivity contribution in [2.45, 2.75) is 71.2 Å². The smallest absolute Gasteiger partial charge is 0.407 e. The number of ether oxygens (including phenoxy) is 1. The minimum absolute atomic E-state index is 0.360. The number of amides is 1. The van der Waals surface area contributed by atoms with E-state index in [4.69, 9.17) is 4.74 Å². The summed E-state index contributed by atoms with van der Waals surface area (Å²) < 4.78 is 5.38. The lowest BCUT2D eigenvalue weighted by Gasteiger charge is -2.27. The Kier molecular flexibility index (Phi) is 8.88. The molecule has 0 aliphatic heterocycles. The zero-order valence-corrected chi connectivity index (χ0v) is 18.8. The van der Waals surface area contributed by atoms with Crippen LogP contribution < -0.4 is 10.6 Å². The minimum atomic E-state index is -0.758. The number of nitrogens with one attached hydrogen (secondary N) is 2. The summed E-state index contributed by atoms with van der Waals surface area (Å²) in [7, 11) is 0. The van der Waals surface area contributed by atoms with Crippen molar-refractivity contribution < 1.29 is 14.6 Å². The topological polar surface area (TPSA) is 70.6 Å². The van der Waals surface area contributed by atoms with E-state index in [1.165, 1.54) is 11.1 Å². The first-order valence-corrected chi connectivity index (χ1v) is 10.6. The molecule has 164 valence electrons. The molecule has 2 rings (SSSR count). The van der Waals surface area contributed by atoms with Crippen molar-refractivity contribution in [1.29, 1.82) is 0 Å². The first-order chi connectivity index (χ1) is 14.1. The van der Waals surface area contributed by atoms with Crippen LogP contribution in [0.2, 0.25) is 0 Å². The van der Waals surface area contributed by atoms with E-state index in [1.807, 2.05) is 51.1 Å². The van der Waals surface area contributed by atoms with Crippen molar-refractivity contribution in [3.8, 4) is 0 Å². The first-order valence-electron chi connectivity index (χ1n) is 10.6. The van der Waals surface area contributed by atoms with E-state index >= 15 is 0 Å². The van der Waals surface area contributed by atoms with Crippen LogP contribution >= 0.6 is 0 Å². The highest BCUT2D eigenvalue weighted by atomic mass is 16.6. The number of carbonyl (C=O) groups is 1. The van der Waals surface area contributed by atoms with Crippen molar-refractivity contribution in [3.05, 3.63) is 71.3 Å². The van der Waals surface area contributed by atoms with Crippen LogP contribution in [-0.2, 0) is 17.7 Å². The molecule has 3 N–H and O–H groups in total. The minimum Gasteiger partial charge on any atom is -0.444 e. The maximum atomic E-state index is 12.3. The number of benzene rings is 2. The van der Waals surface area contributed by atoms with Crippen molar-refractivity contribution in [2.75, 3.05) is 6.54 Å². The fraction of sp³-hybridized carbons (Fsp3) is 0.480. The largest absolute Gasteiger partial charge is 0.444 e. The molecule has 30 heavy (non-hydrogen) atoms. The molecule has 0 aliphatic rings. The van der Waals surface area contributed by atoms with Gasteiger partial charge in [-0.3, -0.25) is 0 Å². The van der Waals surface area contributed by atoms with Gasteiger partial charge in [0, 0.05) is 13.1 Å². The number of carbonyl (C=O) groups excluding carboxylic acids is 1. The van der Waals surface area contributed by atoms with E-state index in [-0.39, 0.29) is 0 Å². The molecule has 1 amide bonds. The second kappa shape index (κ2) is 11.1. The summed E-state index contributed by atoms with van der Waals surface area (Å²) in [6.07, 6.45) is -0.760. The molecule has 5 nitrogen and oxygen atoms in total. The van der Waals surface area contributed by atoms with E-state index in [0.717, 1.165) is 5.56 Å². The lowest BCUT2D eigenvalue weighted by molar-refractivity contribution is 0.0422. The van der Waals surface area contributed by atoms with Gasteiger partial charge < -0.3 is 20.5 Å². The van der Waals surface area contributed by atoms with Crippen LogP contribution in [0.15, 0.2) is 54.6 Å². The molecule has 0 aromatic heterocycles. The van der Waals surface area contributed by atoms with Gasteiger partial charge in [-0.1, -0.05) is 68.4 Å². The Morgan fingerprint density at radius 3 is 2.33 bits per heavy atom. The molecule has 0 bridgehead atoms. The highest BCUT2D eigenvalue weighted by Crippen LogP contribution is 2.15. The third-order valence-electron chi connectivity index (χ3n) is 4.77. The fourth-order valence-electron chi connectivity index (χ4n) is 3.18. The van der Waals surface area contributed by atoms with Crippen molar-refractivity contribution >= 4 is 6.09 Å². The van der Waals surface area contributed by atoms with Crippen LogP contribution in [-0.4, -0.2) is 35.5 Å². The highest BCUT2D eigenvalue weighted by molar-refractivity contribution is 5.68. The summed E-state index contributed by atoms with van der Waals surface area (Å²) in [6.45, 7) is 10.8. The van der Waals surface area contributed by atoms with E-state index in [1.54, 1.807) is 0 Å². The van der Waals surface area contributed by atoms with Crippen molar-refractivity contribution in [1.82, 2.24) is 10.6 Å². The molecule has 0 aliphatic carbocycles. The average molecular weight is 413 g/mol. The molecule has 0 saturated carbocycles. The molecule has 0 spiro atoms. The van der Waals surface area contributed by atoms with Gasteiger partial charge in [0.25, 0.3) is 0 Å². The van der Waals surface area contributed by atoms with Crippen LogP contribution in [0.3, 0.4) is 0 Å². The van der Waals surface area contributed by atoms with Gasteiger partial charge >= 0.3 is 6.09 Å². The molecule has 2 aromatic rings. The molecule has 0 radical (unpaired) electrons. The highest BCUT2D eigenvalue weighted by Gasteiger charge is 2.24. The number of aliphatic hydroxyl groups is 1. The Bertz CT molecular complexity index is 784.